The van der Waals surface area contributed by atoms with Crippen molar-refractivity contribution in [3.05, 3.63) is 53.3 Å². The van der Waals surface area contributed by atoms with Crippen LogP contribution in [0.25, 0.3) is 0 Å². The van der Waals surface area contributed by atoms with Crippen molar-refractivity contribution >= 4 is 17.3 Å². The van der Waals surface area contributed by atoms with Gasteiger partial charge in [0.15, 0.2) is 0 Å². The molecule has 0 fully saturated rings. The van der Waals surface area contributed by atoms with E-state index in [1.807, 2.05) is 32.0 Å². The zero-order valence-electron chi connectivity index (χ0n) is 10.4. The molecule has 0 atom stereocenters. The first-order chi connectivity index (χ1) is 8.59. The SMILES string of the molecule is Cc1cccc(C)c1NC(=O)c1ccncc1N. The van der Waals surface area contributed by atoms with Crippen LogP contribution in [-0.4, -0.2) is 10.9 Å². The van der Waals surface area contributed by atoms with Crippen LogP contribution in [0.1, 0.15) is 21.5 Å². The average molecular weight is 241 g/mol. The number of benzene rings is 1. The number of pyridine rings is 1. The van der Waals surface area contributed by atoms with E-state index in [1.165, 1.54) is 6.20 Å². The highest BCUT2D eigenvalue weighted by Crippen LogP contribution is 2.21. The molecule has 92 valence electrons. The molecule has 0 aliphatic heterocycles. The molecule has 0 bridgehead atoms. The lowest BCUT2D eigenvalue weighted by atomic mass is 10.1. The number of nitrogens with two attached hydrogens (primary N) is 1. The molecule has 0 unspecified atom stereocenters. The minimum absolute atomic E-state index is 0.215. The van der Waals surface area contributed by atoms with Gasteiger partial charge in [-0.25, -0.2) is 0 Å². The Bertz CT molecular complexity index is 573. The highest BCUT2D eigenvalue weighted by molar-refractivity contribution is 6.08. The number of nitrogens with zero attached hydrogens (tertiary/aromatic N) is 1. The molecule has 2 aromatic rings. The predicted octanol–water partition coefficient (Wildman–Crippen LogP) is 2.53. The van der Waals surface area contributed by atoms with Crippen LogP contribution in [0.5, 0.6) is 0 Å². The van der Waals surface area contributed by atoms with Crippen molar-refractivity contribution in [3.63, 3.8) is 0 Å². The maximum absolute atomic E-state index is 12.1. The van der Waals surface area contributed by atoms with Gasteiger partial charge in [-0.2, -0.15) is 0 Å². The standard InChI is InChI=1S/C14H15N3O/c1-9-4-3-5-10(2)13(9)17-14(18)11-6-7-16-8-12(11)15/h3-8H,15H2,1-2H3,(H,17,18). The smallest absolute Gasteiger partial charge is 0.257 e. The van der Waals surface area contributed by atoms with Crippen LogP contribution in [0.4, 0.5) is 11.4 Å². The number of para-hydroxylation sites is 1. The third-order valence-corrected chi connectivity index (χ3v) is 2.82. The van der Waals surface area contributed by atoms with Crippen molar-refractivity contribution < 1.29 is 4.79 Å². The number of carbonyl (C=O) groups excluding carboxylic acids is 1. The Morgan fingerprint density at radius 2 is 1.89 bits per heavy atom. The van der Waals surface area contributed by atoms with E-state index in [0.29, 0.717) is 11.3 Å². The van der Waals surface area contributed by atoms with Gasteiger partial charge in [0.25, 0.3) is 5.91 Å². The Morgan fingerprint density at radius 1 is 1.22 bits per heavy atom. The van der Waals surface area contributed by atoms with Gasteiger partial charge >= 0.3 is 0 Å². The number of rotatable bonds is 2. The van der Waals surface area contributed by atoms with Gasteiger partial charge < -0.3 is 11.1 Å². The largest absolute Gasteiger partial charge is 0.397 e. The van der Waals surface area contributed by atoms with E-state index in [1.54, 1.807) is 12.3 Å². The summed E-state index contributed by atoms with van der Waals surface area (Å²) in [4.78, 5) is 16.0. The third kappa shape index (κ3) is 2.32. The molecular weight excluding hydrogens is 226 g/mol. The molecule has 0 spiro atoms. The van der Waals surface area contributed by atoms with E-state index in [4.69, 9.17) is 5.73 Å². The van der Waals surface area contributed by atoms with E-state index < -0.39 is 0 Å². The van der Waals surface area contributed by atoms with Crippen LogP contribution in [0.3, 0.4) is 0 Å². The molecule has 2 rings (SSSR count). The van der Waals surface area contributed by atoms with Gasteiger partial charge in [0.1, 0.15) is 0 Å². The number of nitrogens with one attached hydrogen (secondary N) is 1. The molecule has 0 radical (unpaired) electrons. The van der Waals surface area contributed by atoms with Crippen LogP contribution in [0, 0.1) is 13.8 Å². The fourth-order valence-electron chi connectivity index (χ4n) is 1.81. The van der Waals surface area contributed by atoms with Gasteiger partial charge in [0.05, 0.1) is 17.4 Å². The number of nitrogen functional groups attached to an aromatic ring is 1. The lowest BCUT2D eigenvalue weighted by Crippen LogP contribution is -2.15. The number of amides is 1. The molecule has 18 heavy (non-hydrogen) atoms. The number of hydrogen-bond donors (Lipinski definition) is 2. The summed E-state index contributed by atoms with van der Waals surface area (Å²) in [6.07, 6.45) is 3.02. The molecule has 3 N–H and O–H groups in total. The van der Waals surface area contributed by atoms with Gasteiger partial charge in [-0.05, 0) is 31.0 Å². The van der Waals surface area contributed by atoms with Gasteiger partial charge in [-0.3, -0.25) is 9.78 Å². The Kier molecular flexibility index (Phi) is 3.28. The summed E-state index contributed by atoms with van der Waals surface area (Å²) in [6.45, 7) is 3.91. The van der Waals surface area contributed by atoms with Crippen molar-refractivity contribution in [1.82, 2.24) is 4.98 Å². The molecule has 1 heterocycles. The Labute approximate surface area is 106 Å². The van der Waals surface area contributed by atoms with Crippen LogP contribution in [-0.2, 0) is 0 Å². The second kappa shape index (κ2) is 4.87. The molecular formula is C14H15N3O. The number of aryl methyl sites for hydroxylation is 2. The Balaban J connectivity index is 2.30. The van der Waals surface area contributed by atoms with Crippen LogP contribution < -0.4 is 11.1 Å². The highest BCUT2D eigenvalue weighted by Gasteiger charge is 2.11. The number of hydrogen-bond acceptors (Lipinski definition) is 3. The van der Waals surface area contributed by atoms with Gasteiger partial charge in [0, 0.05) is 11.9 Å². The van der Waals surface area contributed by atoms with Gasteiger partial charge in [-0.1, -0.05) is 18.2 Å². The summed E-state index contributed by atoms with van der Waals surface area (Å²) < 4.78 is 0. The molecule has 4 heteroatoms. The fourth-order valence-corrected chi connectivity index (χ4v) is 1.81. The number of carbonyl (C=O) groups is 1. The molecule has 1 aromatic heterocycles. The maximum Gasteiger partial charge on any atom is 0.257 e. The Hall–Kier alpha value is -2.36. The minimum Gasteiger partial charge on any atom is -0.397 e. The summed E-state index contributed by atoms with van der Waals surface area (Å²) in [5, 5.41) is 2.89. The minimum atomic E-state index is -0.215. The van der Waals surface area contributed by atoms with E-state index in [2.05, 4.69) is 10.3 Å². The summed E-state index contributed by atoms with van der Waals surface area (Å²) in [5.74, 6) is -0.215. The molecule has 0 saturated carbocycles. The summed E-state index contributed by atoms with van der Waals surface area (Å²) in [7, 11) is 0. The highest BCUT2D eigenvalue weighted by atomic mass is 16.1. The lowest BCUT2D eigenvalue weighted by Gasteiger charge is -2.12. The van der Waals surface area contributed by atoms with Gasteiger partial charge in [0.2, 0.25) is 0 Å². The first kappa shape index (κ1) is 12.1. The zero-order valence-corrected chi connectivity index (χ0v) is 10.4. The maximum atomic E-state index is 12.1. The first-order valence-corrected chi connectivity index (χ1v) is 5.66. The molecule has 0 saturated heterocycles. The fraction of sp³-hybridized carbons (Fsp3) is 0.143. The van der Waals surface area contributed by atoms with Gasteiger partial charge in [-0.15, -0.1) is 0 Å². The third-order valence-electron chi connectivity index (χ3n) is 2.82. The monoisotopic (exact) mass is 241 g/mol. The summed E-state index contributed by atoms with van der Waals surface area (Å²) >= 11 is 0. The number of aromatic nitrogens is 1. The van der Waals surface area contributed by atoms with Crippen LogP contribution >= 0.6 is 0 Å². The quantitative estimate of drug-likeness (QED) is 0.849. The molecule has 1 aromatic carbocycles. The normalized spacial score (nSPS) is 10.1. The second-order valence-electron chi connectivity index (χ2n) is 4.18. The zero-order chi connectivity index (χ0) is 13.1. The van der Waals surface area contributed by atoms with E-state index in [0.717, 1.165) is 16.8 Å². The topological polar surface area (TPSA) is 68.0 Å². The lowest BCUT2D eigenvalue weighted by molar-refractivity contribution is 0.102. The molecule has 0 aliphatic carbocycles. The first-order valence-electron chi connectivity index (χ1n) is 5.66. The second-order valence-corrected chi connectivity index (χ2v) is 4.18. The van der Waals surface area contributed by atoms with Crippen molar-refractivity contribution in [2.75, 3.05) is 11.1 Å². The average Bonchev–Trinajstić information content (AvgIpc) is 2.34. The van der Waals surface area contributed by atoms with Crippen molar-refractivity contribution in [1.29, 1.82) is 0 Å². The number of anilines is 2. The summed E-state index contributed by atoms with van der Waals surface area (Å²) in [5.41, 5.74) is 9.42. The molecule has 1 amide bonds. The van der Waals surface area contributed by atoms with Crippen molar-refractivity contribution in [2.45, 2.75) is 13.8 Å². The van der Waals surface area contributed by atoms with E-state index in [9.17, 15) is 4.79 Å². The predicted molar refractivity (Wildman–Crippen MR) is 72.5 cm³/mol. The van der Waals surface area contributed by atoms with Crippen molar-refractivity contribution in [3.8, 4) is 0 Å². The van der Waals surface area contributed by atoms with Crippen LogP contribution in [0.15, 0.2) is 36.7 Å². The molecule has 0 aliphatic rings. The van der Waals surface area contributed by atoms with Crippen molar-refractivity contribution in [2.24, 2.45) is 0 Å². The van der Waals surface area contributed by atoms with Crippen LogP contribution in [0.2, 0.25) is 0 Å². The Morgan fingerprint density at radius 3 is 2.50 bits per heavy atom. The summed E-state index contributed by atoms with van der Waals surface area (Å²) in [6, 6.07) is 7.48. The van der Waals surface area contributed by atoms with E-state index >= 15 is 0 Å². The van der Waals surface area contributed by atoms with E-state index in [-0.39, 0.29) is 5.91 Å². The molecule has 4 nitrogen and oxygen atoms in total.